The summed E-state index contributed by atoms with van der Waals surface area (Å²) >= 11 is 0. The Hall–Kier alpha value is -1.88. The number of methoxy groups -OCH3 is 1. The van der Waals surface area contributed by atoms with Crippen molar-refractivity contribution in [3.8, 4) is 0 Å². The number of guanidine groups is 1. The molecule has 1 aromatic carbocycles. The lowest BCUT2D eigenvalue weighted by Crippen LogP contribution is -2.41. The highest BCUT2D eigenvalue weighted by Crippen LogP contribution is 2.16. The maximum atomic E-state index is 13.0. The van der Waals surface area contributed by atoms with Crippen molar-refractivity contribution in [2.45, 2.75) is 18.9 Å². The molecule has 0 saturated carbocycles. The van der Waals surface area contributed by atoms with Gasteiger partial charge in [-0.05, 0) is 30.5 Å². The largest absolute Gasteiger partial charge is 0.375 e. The van der Waals surface area contributed by atoms with Gasteiger partial charge in [0.1, 0.15) is 5.82 Å². The highest BCUT2D eigenvalue weighted by molar-refractivity contribution is 5.79. The minimum absolute atomic E-state index is 0.154. The number of rotatable bonds is 8. The minimum atomic E-state index is -0.246. The molecule has 0 bridgehead atoms. The monoisotopic (exact) mass is 307 g/mol. The third kappa shape index (κ3) is 5.85. The van der Waals surface area contributed by atoms with Crippen LogP contribution in [0.2, 0.25) is 0 Å². The first-order chi connectivity index (χ1) is 10.6. The molecular weight excluding hydrogens is 281 g/mol. The number of hydrogen-bond acceptors (Lipinski definition) is 2. The number of halogens is 1. The molecule has 0 aromatic heterocycles. The number of nitrogens with one attached hydrogen (secondary N) is 1. The molecular formula is C17H26FN3O. The summed E-state index contributed by atoms with van der Waals surface area (Å²) in [5.41, 5.74) is 0.932. The highest BCUT2D eigenvalue weighted by Gasteiger charge is 2.13. The molecule has 122 valence electrons. The van der Waals surface area contributed by atoms with Crippen LogP contribution in [0.1, 0.15) is 24.5 Å². The molecule has 0 saturated heterocycles. The lowest BCUT2D eigenvalue weighted by Gasteiger charge is -2.24. The van der Waals surface area contributed by atoms with Crippen molar-refractivity contribution in [3.63, 3.8) is 0 Å². The second kappa shape index (κ2) is 9.95. The van der Waals surface area contributed by atoms with Crippen LogP contribution in [0.5, 0.6) is 0 Å². The number of ether oxygens (including phenoxy) is 1. The molecule has 5 heteroatoms. The third-order valence-corrected chi connectivity index (χ3v) is 3.45. The van der Waals surface area contributed by atoms with Crippen LogP contribution in [0, 0.1) is 5.82 Å². The molecule has 1 unspecified atom stereocenters. The van der Waals surface area contributed by atoms with Crippen molar-refractivity contribution >= 4 is 5.96 Å². The summed E-state index contributed by atoms with van der Waals surface area (Å²) in [6, 6.07) is 6.36. The van der Waals surface area contributed by atoms with E-state index in [0.717, 1.165) is 30.9 Å². The molecule has 0 spiro atoms. The van der Waals surface area contributed by atoms with Gasteiger partial charge in [-0.1, -0.05) is 18.2 Å². The van der Waals surface area contributed by atoms with Crippen LogP contribution in [0.3, 0.4) is 0 Å². The first kappa shape index (κ1) is 18.2. The first-order valence-electron chi connectivity index (χ1n) is 7.43. The molecule has 0 fully saturated rings. The van der Waals surface area contributed by atoms with E-state index in [0.29, 0.717) is 6.54 Å². The molecule has 0 amide bonds. The van der Waals surface area contributed by atoms with E-state index < -0.39 is 0 Å². The van der Waals surface area contributed by atoms with Crippen LogP contribution in [0.15, 0.2) is 41.9 Å². The molecule has 1 rings (SSSR count). The quantitative estimate of drug-likeness (QED) is 0.347. The summed E-state index contributed by atoms with van der Waals surface area (Å²) in [5.74, 6) is 0.567. The second-order valence-electron chi connectivity index (χ2n) is 5.06. The molecule has 0 aliphatic carbocycles. The predicted molar refractivity (Wildman–Crippen MR) is 89.6 cm³/mol. The Morgan fingerprint density at radius 1 is 1.45 bits per heavy atom. The predicted octanol–water partition coefficient (Wildman–Crippen LogP) is 2.99. The van der Waals surface area contributed by atoms with Gasteiger partial charge < -0.3 is 15.0 Å². The van der Waals surface area contributed by atoms with Gasteiger partial charge in [0.2, 0.25) is 0 Å². The molecule has 0 heterocycles. The van der Waals surface area contributed by atoms with Crippen LogP contribution in [0.4, 0.5) is 4.39 Å². The molecule has 4 nitrogen and oxygen atoms in total. The van der Waals surface area contributed by atoms with Crippen molar-refractivity contribution in [2.75, 3.05) is 34.3 Å². The number of aliphatic imine (C=N–C) groups is 1. The summed E-state index contributed by atoms with van der Waals surface area (Å²) in [7, 11) is 5.40. The molecule has 1 N–H and O–H groups in total. The highest BCUT2D eigenvalue weighted by atomic mass is 19.1. The Bertz CT molecular complexity index is 473. The molecule has 0 radical (unpaired) electrons. The van der Waals surface area contributed by atoms with Gasteiger partial charge in [0, 0.05) is 34.3 Å². The second-order valence-corrected chi connectivity index (χ2v) is 5.06. The van der Waals surface area contributed by atoms with Gasteiger partial charge in [-0.25, -0.2) is 4.39 Å². The Balaban J connectivity index is 2.56. The third-order valence-electron chi connectivity index (χ3n) is 3.45. The van der Waals surface area contributed by atoms with Crippen molar-refractivity contribution in [3.05, 3.63) is 48.3 Å². The normalized spacial score (nSPS) is 12.8. The van der Waals surface area contributed by atoms with Gasteiger partial charge in [0.05, 0.1) is 6.10 Å². The zero-order chi connectivity index (χ0) is 16.4. The average Bonchev–Trinajstić information content (AvgIpc) is 2.53. The van der Waals surface area contributed by atoms with E-state index in [2.05, 4.69) is 21.8 Å². The smallest absolute Gasteiger partial charge is 0.193 e. The standard InChI is InChI=1S/C17H26FN3O/c1-5-6-7-12-21(3)17(19-2)20-13-16(22-4)14-8-10-15(18)11-9-14/h5,8-11,16H,1,6-7,12-13H2,2-4H3,(H,19,20). The SMILES string of the molecule is C=CCCCN(C)C(=NC)NCC(OC)c1ccc(F)cc1. The lowest BCUT2D eigenvalue weighted by molar-refractivity contribution is 0.106. The van der Waals surface area contributed by atoms with Crippen LogP contribution < -0.4 is 5.32 Å². The van der Waals surface area contributed by atoms with Crippen LogP contribution in [-0.2, 0) is 4.74 Å². The Labute approximate surface area is 132 Å². The summed E-state index contributed by atoms with van der Waals surface area (Å²) < 4.78 is 18.5. The van der Waals surface area contributed by atoms with Crippen molar-refractivity contribution < 1.29 is 9.13 Å². The molecule has 1 atom stereocenters. The summed E-state index contributed by atoms with van der Waals surface area (Å²) in [6.45, 7) is 5.20. The number of nitrogens with zero attached hydrogens (tertiary/aromatic N) is 2. The maximum absolute atomic E-state index is 13.0. The van der Waals surface area contributed by atoms with Crippen LogP contribution in [-0.4, -0.2) is 45.2 Å². The van der Waals surface area contributed by atoms with E-state index in [9.17, 15) is 4.39 Å². The molecule has 0 aliphatic heterocycles. The minimum Gasteiger partial charge on any atom is -0.375 e. The van der Waals surface area contributed by atoms with E-state index in [1.54, 1.807) is 26.3 Å². The van der Waals surface area contributed by atoms with Crippen molar-refractivity contribution in [1.82, 2.24) is 10.2 Å². The van der Waals surface area contributed by atoms with Crippen LogP contribution in [0.25, 0.3) is 0 Å². The lowest BCUT2D eigenvalue weighted by atomic mass is 10.1. The molecule has 22 heavy (non-hydrogen) atoms. The zero-order valence-corrected chi connectivity index (χ0v) is 13.7. The van der Waals surface area contributed by atoms with Crippen molar-refractivity contribution in [1.29, 1.82) is 0 Å². The molecule has 1 aromatic rings. The average molecular weight is 307 g/mol. The summed E-state index contributed by atoms with van der Waals surface area (Å²) in [4.78, 5) is 6.34. The fraction of sp³-hybridized carbons (Fsp3) is 0.471. The number of benzene rings is 1. The number of unbranched alkanes of at least 4 members (excludes halogenated alkanes) is 1. The van der Waals surface area contributed by atoms with E-state index in [1.165, 1.54) is 12.1 Å². The van der Waals surface area contributed by atoms with Gasteiger partial charge in [0.15, 0.2) is 5.96 Å². The Morgan fingerprint density at radius 3 is 2.68 bits per heavy atom. The van der Waals surface area contributed by atoms with Gasteiger partial charge in [0.25, 0.3) is 0 Å². The molecule has 0 aliphatic rings. The summed E-state index contributed by atoms with van der Waals surface area (Å²) in [6.07, 6.45) is 3.78. The van der Waals surface area contributed by atoms with E-state index >= 15 is 0 Å². The van der Waals surface area contributed by atoms with Gasteiger partial charge in [-0.3, -0.25) is 4.99 Å². The topological polar surface area (TPSA) is 36.9 Å². The van der Waals surface area contributed by atoms with Gasteiger partial charge >= 0.3 is 0 Å². The summed E-state index contributed by atoms with van der Waals surface area (Å²) in [5, 5.41) is 3.29. The first-order valence-corrected chi connectivity index (χ1v) is 7.43. The fourth-order valence-electron chi connectivity index (χ4n) is 2.16. The Kier molecular flexibility index (Phi) is 8.22. The fourth-order valence-corrected chi connectivity index (χ4v) is 2.16. The zero-order valence-electron chi connectivity index (χ0n) is 13.7. The van der Waals surface area contributed by atoms with Gasteiger partial charge in [-0.15, -0.1) is 6.58 Å². The number of allylic oxidation sites excluding steroid dienone is 1. The van der Waals surface area contributed by atoms with Crippen LogP contribution >= 0.6 is 0 Å². The number of hydrogen-bond donors (Lipinski definition) is 1. The van der Waals surface area contributed by atoms with E-state index in [4.69, 9.17) is 4.74 Å². The Morgan fingerprint density at radius 2 is 2.14 bits per heavy atom. The van der Waals surface area contributed by atoms with Crippen molar-refractivity contribution in [2.24, 2.45) is 4.99 Å². The van der Waals surface area contributed by atoms with E-state index in [-0.39, 0.29) is 11.9 Å². The maximum Gasteiger partial charge on any atom is 0.193 e. The van der Waals surface area contributed by atoms with E-state index in [1.807, 2.05) is 13.1 Å². The van der Waals surface area contributed by atoms with Gasteiger partial charge in [-0.2, -0.15) is 0 Å².